The quantitative estimate of drug-likeness (QED) is 0.137. The Balaban J connectivity index is 1.24. The lowest BCUT2D eigenvalue weighted by atomic mass is 9.79. The van der Waals surface area contributed by atoms with Crippen LogP contribution in [-0.2, 0) is 20.2 Å². The molecule has 1 aliphatic rings. The van der Waals surface area contributed by atoms with Crippen LogP contribution >= 0.6 is 0 Å². The number of carbonyl (C=O) groups excluding carboxylic acids is 3. The maximum absolute atomic E-state index is 14.2. The van der Waals surface area contributed by atoms with Gasteiger partial charge in [0.2, 0.25) is 5.91 Å². The zero-order chi connectivity index (χ0) is 36.5. The summed E-state index contributed by atoms with van der Waals surface area (Å²) in [6, 6.07) is 29.9. The Bertz CT molecular complexity index is 1770. The van der Waals surface area contributed by atoms with Gasteiger partial charge in [-0.3, -0.25) is 9.59 Å². The van der Waals surface area contributed by atoms with E-state index < -0.39 is 23.9 Å². The molecule has 9 heteroatoms. The van der Waals surface area contributed by atoms with E-state index in [1.54, 1.807) is 24.3 Å². The Morgan fingerprint density at radius 3 is 2.10 bits per heavy atom. The third-order valence-electron chi connectivity index (χ3n) is 10.1. The minimum atomic E-state index is -2.90. The monoisotopic (exact) mass is 695 g/mol. The van der Waals surface area contributed by atoms with E-state index in [2.05, 4.69) is 15.5 Å². The highest BCUT2D eigenvalue weighted by Crippen LogP contribution is 2.36. The molecule has 0 bridgehead atoms. The Morgan fingerprint density at radius 1 is 0.863 bits per heavy atom. The molecule has 0 spiro atoms. The zero-order valence-electron chi connectivity index (χ0n) is 29.7. The average molecular weight is 696 g/mol. The number of benzene rings is 4. The molecule has 3 unspecified atom stereocenters. The van der Waals surface area contributed by atoms with Gasteiger partial charge in [-0.2, -0.15) is 0 Å². The summed E-state index contributed by atoms with van der Waals surface area (Å²) in [6.45, 7) is 6.87. The summed E-state index contributed by atoms with van der Waals surface area (Å²) in [6.07, 6.45) is 2.01. The van der Waals surface area contributed by atoms with E-state index in [-0.39, 0.29) is 35.6 Å². The van der Waals surface area contributed by atoms with E-state index in [0.29, 0.717) is 22.4 Å². The Kier molecular flexibility index (Phi) is 12.2. The summed E-state index contributed by atoms with van der Waals surface area (Å²) in [5.74, 6) is -4.18. The number of rotatable bonds is 13. The van der Waals surface area contributed by atoms with Crippen LogP contribution in [0.15, 0.2) is 103 Å². The van der Waals surface area contributed by atoms with Crippen LogP contribution in [0.5, 0.6) is 0 Å². The fraction of sp³-hybridized carbons (Fsp3) is 0.357. The minimum absolute atomic E-state index is 0.0487. The number of ether oxygens (including phenoxy) is 1. The number of nitrogens with one attached hydrogen (secondary N) is 2. The SMILES string of the molecule is CCC(C)C(NC(=O)C(c1ccccc1)C1CCN(c2ccc(NC(=O)c3ccccc3-c3ccc(C(F)(F)CC)cc3)cc2)CC1)C(=O)OC. The van der Waals surface area contributed by atoms with Gasteiger partial charge in [0.05, 0.1) is 13.0 Å². The highest BCUT2D eigenvalue weighted by molar-refractivity contribution is 6.08. The van der Waals surface area contributed by atoms with Crippen LogP contribution in [0.1, 0.15) is 73.9 Å². The molecule has 1 fully saturated rings. The Morgan fingerprint density at radius 2 is 1.49 bits per heavy atom. The van der Waals surface area contributed by atoms with E-state index in [1.807, 2.05) is 80.6 Å². The van der Waals surface area contributed by atoms with Crippen molar-refractivity contribution in [1.82, 2.24) is 5.32 Å². The summed E-state index contributed by atoms with van der Waals surface area (Å²) in [5.41, 5.74) is 4.31. The second-order valence-electron chi connectivity index (χ2n) is 13.3. The van der Waals surface area contributed by atoms with Gasteiger partial charge in [-0.25, -0.2) is 13.6 Å². The summed E-state index contributed by atoms with van der Waals surface area (Å²) in [4.78, 5) is 42.1. The van der Waals surface area contributed by atoms with Crippen molar-refractivity contribution < 1.29 is 27.9 Å². The number of amides is 2. The highest BCUT2D eigenvalue weighted by Gasteiger charge is 2.36. The van der Waals surface area contributed by atoms with E-state index in [1.165, 1.54) is 26.2 Å². The van der Waals surface area contributed by atoms with Crippen molar-refractivity contribution in [1.29, 1.82) is 0 Å². The lowest BCUT2D eigenvalue weighted by molar-refractivity contribution is -0.147. The summed E-state index contributed by atoms with van der Waals surface area (Å²) in [5, 5.41) is 6.00. The third kappa shape index (κ3) is 8.82. The molecule has 268 valence electrons. The van der Waals surface area contributed by atoms with Gasteiger partial charge in [0.25, 0.3) is 11.8 Å². The molecular weight excluding hydrogens is 648 g/mol. The normalized spacial score (nSPS) is 15.4. The van der Waals surface area contributed by atoms with Gasteiger partial charge >= 0.3 is 5.97 Å². The predicted molar refractivity (Wildman–Crippen MR) is 198 cm³/mol. The molecule has 2 amide bonds. The van der Waals surface area contributed by atoms with Crippen LogP contribution in [0.25, 0.3) is 11.1 Å². The van der Waals surface area contributed by atoms with Gasteiger partial charge < -0.3 is 20.3 Å². The van der Waals surface area contributed by atoms with Crippen LogP contribution in [0.4, 0.5) is 20.2 Å². The molecule has 1 heterocycles. The summed E-state index contributed by atoms with van der Waals surface area (Å²) < 4.78 is 33.4. The molecule has 7 nitrogen and oxygen atoms in total. The molecule has 4 aromatic rings. The smallest absolute Gasteiger partial charge is 0.328 e. The van der Waals surface area contributed by atoms with Gasteiger partial charge in [0.1, 0.15) is 6.04 Å². The molecule has 3 atom stereocenters. The van der Waals surface area contributed by atoms with E-state index in [4.69, 9.17) is 4.74 Å². The number of nitrogens with zero attached hydrogens (tertiary/aromatic N) is 1. The molecule has 0 aliphatic carbocycles. The second-order valence-corrected chi connectivity index (χ2v) is 13.3. The van der Waals surface area contributed by atoms with Gasteiger partial charge in [-0.15, -0.1) is 0 Å². The number of alkyl halides is 2. The molecule has 1 aliphatic heterocycles. The number of piperidine rings is 1. The topological polar surface area (TPSA) is 87.7 Å². The van der Waals surface area contributed by atoms with Crippen LogP contribution in [0.2, 0.25) is 0 Å². The fourth-order valence-corrected chi connectivity index (χ4v) is 6.81. The summed E-state index contributed by atoms with van der Waals surface area (Å²) >= 11 is 0. The minimum Gasteiger partial charge on any atom is -0.467 e. The Labute approximate surface area is 299 Å². The lowest BCUT2D eigenvalue weighted by Crippen LogP contribution is -2.49. The van der Waals surface area contributed by atoms with E-state index in [0.717, 1.165) is 43.6 Å². The first-order valence-corrected chi connectivity index (χ1v) is 17.7. The molecule has 2 N–H and O–H groups in total. The predicted octanol–water partition coefficient (Wildman–Crippen LogP) is 8.81. The lowest BCUT2D eigenvalue weighted by Gasteiger charge is -2.37. The van der Waals surface area contributed by atoms with Crippen LogP contribution in [0, 0.1) is 11.8 Å². The largest absolute Gasteiger partial charge is 0.467 e. The van der Waals surface area contributed by atoms with Crippen molar-refractivity contribution in [3.8, 4) is 11.1 Å². The number of anilines is 2. The standard InChI is InChI=1S/C42H47F2N3O4/c1-5-28(3)38(41(50)51-4)46-40(49)37(30-12-8-7-9-13-30)31-24-26-47(27-25-31)34-22-20-33(21-23-34)45-39(48)36-15-11-10-14-35(36)29-16-18-32(19-17-29)42(43,44)6-2/h7-23,28,31,37-38H,5-6,24-27H2,1-4H3,(H,45,48)(H,46,49). The van der Waals surface area contributed by atoms with Crippen molar-refractivity contribution in [2.75, 3.05) is 30.4 Å². The first-order valence-electron chi connectivity index (χ1n) is 17.7. The van der Waals surface area contributed by atoms with Gasteiger partial charge in [-0.1, -0.05) is 100.0 Å². The van der Waals surface area contributed by atoms with Crippen molar-refractivity contribution >= 4 is 29.2 Å². The zero-order valence-corrected chi connectivity index (χ0v) is 29.7. The number of hydrogen-bond donors (Lipinski definition) is 2. The maximum Gasteiger partial charge on any atom is 0.328 e. The van der Waals surface area contributed by atoms with Crippen molar-refractivity contribution in [2.24, 2.45) is 11.8 Å². The molecule has 5 rings (SSSR count). The van der Waals surface area contributed by atoms with Crippen molar-refractivity contribution in [2.45, 2.75) is 64.3 Å². The van der Waals surface area contributed by atoms with Crippen molar-refractivity contribution in [3.63, 3.8) is 0 Å². The molecule has 0 saturated carbocycles. The van der Waals surface area contributed by atoms with Gasteiger partial charge in [-0.05, 0) is 71.7 Å². The summed E-state index contributed by atoms with van der Waals surface area (Å²) in [7, 11) is 1.34. The van der Waals surface area contributed by atoms with Crippen LogP contribution in [0.3, 0.4) is 0 Å². The molecular formula is C42H47F2N3O4. The van der Waals surface area contributed by atoms with Gasteiger partial charge in [0, 0.05) is 42.0 Å². The number of esters is 1. The number of methoxy groups -OCH3 is 1. The van der Waals surface area contributed by atoms with Crippen molar-refractivity contribution in [3.05, 3.63) is 120 Å². The first kappa shape index (κ1) is 37.2. The maximum atomic E-state index is 14.2. The second kappa shape index (κ2) is 16.8. The molecule has 1 saturated heterocycles. The molecule has 51 heavy (non-hydrogen) atoms. The number of halogens is 2. The van der Waals surface area contributed by atoms with Crippen LogP contribution in [-0.4, -0.2) is 44.0 Å². The number of carbonyl (C=O) groups is 3. The molecule has 0 aromatic heterocycles. The van der Waals surface area contributed by atoms with Crippen LogP contribution < -0.4 is 15.5 Å². The number of hydrogen-bond acceptors (Lipinski definition) is 5. The Hall–Kier alpha value is -5.05. The average Bonchev–Trinajstić information content (AvgIpc) is 3.17. The van der Waals surface area contributed by atoms with E-state index in [9.17, 15) is 23.2 Å². The molecule has 0 radical (unpaired) electrons. The van der Waals surface area contributed by atoms with Gasteiger partial charge in [0.15, 0.2) is 0 Å². The highest BCUT2D eigenvalue weighted by atomic mass is 19.3. The first-order chi connectivity index (χ1) is 24.6. The van der Waals surface area contributed by atoms with E-state index >= 15 is 0 Å². The third-order valence-corrected chi connectivity index (χ3v) is 10.1. The fourth-order valence-electron chi connectivity index (χ4n) is 6.81. The molecule has 4 aromatic carbocycles.